The van der Waals surface area contributed by atoms with Crippen LogP contribution in [0.3, 0.4) is 0 Å². The Morgan fingerprint density at radius 1 is 0.893 bits per heavy atom. The number of hydrogen-bond donors (Lipinski definition) is 0. The first kappa shape index (κ1) is 23.7. The second-order valence-corrected chi connectivity index (χ2v) is 6.98. The van der Waals surface area contributed by atoms with E-state index < -0.39 is 35.1 Å². The Morgan fingerprint density at radius 3 is 1.71 bits per heavy atom. The van der Waals surface area contributed by atoms with Gasteiger partial charge in [-0.05, 0) is 59.0 Å². The van der Waals surface area contributed by atoms with E-state index in [-0.39, 0.29) is 24.7 Å². The smallest absolute Gasteiger partial charge is 0.367 e. The highest BCUT2D eigenvalue weighted by molar-refractivity contribution is 6.18. The second kappa shape index (κ2) is 9.21. The van der Waals surface area contributed by atoms with E-state index in [1.807, 2.05) is 13.8 Å². The summed E-state index contributed by atoms with van der Waals surface area (Å²) in [7, 11) is 0. The van der Waals surface area contributed by atoms with Gasteiger partial charge in [-0.3, -0.25) is 0 Å². The van der Waals surface area contributed by atoms with E-state index in [4.69, 9.17) is 18.9 Å². The molecular formula is C20H30O8. The van der Waals surface area contributed by atoms with Crippen LogP contribution in [0.1, 0.15) is 61.3 Å². The van der Waals surface area contributed by atoms with Crippen molar-refractivity contribution in [2.24, 2.45) is 5.92 Å². The van der Waals surface area contributed by atoms with Gasteiger partial charge < -0.3 is 18.9 Å². The molecule has 0 radical (unpaired) electrons. The van der Waals surface area contributed by atoms with Gasteiger partial charge in [0.25, 0.3) is 0 Å². The lowest BCUT2D eigenvalue weighted by Crippen LogP contribution is -2.65. The third kappa shape index (κ3) is 4.05. The highest BCUT2D eigenvalue weighted by Crippen LogP contribution is 2.38. The van der Waals surface area contributed by atoms with Crippen molar-refractivity contribution in [2.75, 3.05) is 13.2 Å². The maximum atomic E-state index is 12.9. The molecule has 0 atom stereocenters. The number of cyclic esters (lactones) is 2. The Labute approximate surface area is 165 Å². The molecule has 0 amide bonds. The highest BCUT2D eigenvalue weighted by atomic mass is 16.7. The molecular weight excluding hydrogens is 368 g/mol. The maximum absolute atomic E-state index is 12.9. The van der Waals surface area contributed by atoms with Gasteiger partial charge in [0.2, 0.25) is 0 Å². The average Bonchev–Trinajstić information content (AvgIpc) is 2.67. The standard InChI is InChI=1S/C20H30O8/c1-8-13(9-2)12(5)14-15(21)27-19(6,7)20(28-16(14)22,17(23)25-10-3)18(24)26-11-4/h13H,8-11H2,1-7H3. The van der Waals surface area contributed by atoms with E-state index in [1.54, 1.807) is 6.92 Å². The minimum absolute atomic E-state index is 0.0594. The normalized spacial score (nSPS) is 20.0. The van der Waals surface area contributed by atoms with Crippen molar-refractivity contribution >= 4 is 23.9 Å². The highest BCUT2D eigenvalue weighted by Gasteiger charge is 2.68. The van der Waals surface area contributed by atoms with Crippen molar-refractivity contribution in [1.29, 1.82) is 0 Å². The quantitative estimate of drug-likeness (QED) is 0.212. The molecule has 0 aromatic carbocycles. The molecule has 1 saturated heterocycles. The Balaban J connectivity index is 3.68. The molecule has 0 N–H and O–H groups in total. The third-order valence-electron chi connectivity index (χ3n) is 4.97. The molecule has 0 aliphatic carbocycles. The molecule has 8 heteroatoms. The summed E-state index contributed by atoms with van der Waals surface area (Å²) in [5.41, 5.74) is -4.24. The second-order valence-electron chi connectivity index (χ2n) is 6.98. The van der Waals surface area contributed by atoms with Gasteiger partial charge in [0, 0.05) is 0 Å². The first-order valence-electron chi connectivity index (χ1n) is 9.55. The molecule has 158 valence electrons. The fraction of sp³-hybridized carbons (Fsp3) is 0.700. The van der Waals surface area contributed by atoms with Crippen molar-refractivity contribution in [3.05, 3.63) is 11.1 Å². The monoisotopic (exact) mass is 398 g/mol. The maximum Gasteiger partial charge on any atom is 0.367 e. The molecule has 0 spiro atoms. The zero-order chi connectivity index (χ0) is 21.7. The largest absolute Gasteiger partial charge is 0.462 e. The fourth-order valence-corrected chi connectivity index (χ4v) is 3.30. The molecule has 1 aliphatic heterocycles. The number of carbonyl (C=O) groups is 4. The molecule has 1 fully saturated rings. The molecule has 1 aliphatic rings. The van der Waals surface area contributed by atoms with Crippen LogP contribution in [-0.2, 0) is 38.1 Å². The minimum Gasteiger partial charge on any atom is -0.462 e. The third-order valence-corrected chi connectivity index (χ3v) is 4.97. The number of allylic oxidation sites excluding steroid dienone is 1. The van der Waals surface area contributed by atoms with Crippen LogP contribution in [-0.4, -0.2) is 48.3 Å². The van der Waals surface area contributed by atoms with Gasteiger partial charge in [-0.1, -0.05) is 13.8 Å². The van der Waals surface area contributed by atoms with E-state index in [1.165, 1.54) is 27.7 Å². The number of carbonyl (C=O) groups excluding carboxylic acids is 4. The SMILES string of the molecule is CCOC(=O)C1(C(=O)OCC)OC(=O)C(=C(C)C(CC)CC)C(=O)OC1(C)C. The van der Waals surface area contributed by atoms with Crippen molar-refractivity contribution in [3.8, 4) is 0 Å². The van der Waals surface area contributed by atoms with E-state index in [2.05, 4.69) is 0 Å². The van der Waals surface area contributed by atoms with Gasteiger partial charge in [0.1, 0.15) is 5.57 Å². The lowest BCUT2D eigenvalue weighted by molar-refractivity contribution is -0.219. The lowest BCUT2D eigenvalue weighted by Gasteiger charge is -2.37. The molecule has 8 nitrogen and oxygen atoms in total. The van der Waals surface area contributed by atoms with Crippen LogP contribution in [0.4, 0.5) is 0 Å². The van der Waals surface area contributed by atoms with Crippen LogP contribution in [0.5, 0.6) is 0 Å². The Kier molecular flexibility index (Phi) is 7.78. The van der Waals surface area contributed by atoms with E-state index in [0.29, 0.717) is 18.4 Å². The summed E-state index contributed by atoms with van der Waals surface area (Å²) in [6.07, 6.45) is 1.38. The van der Waals surface area contributed by atoms with Crippen LogP contribution in [0.25, 0.3) is 0 Å². The topological polar surface area (TPSA) is 105 Å². The zero-order valence-electron chi connectivity index (χ0n) is 17.7. The summed E-state index contributed by atoms with van der Waals surface area (Å²) in [6.45, 7) is 11.0. The van der Waals surface area contributed by atoms with Gasteiger partial charge in [0.15, 0.2) is 5.60 Å². The molecule has 0 aromatic heterocycles. The van der Waals surface area contributed by atoms with Crippen molar-refractivity contribution in [1.82, 2.24) is 0 Å². The Morgan fingerprint density at radius 2 is 1.32 bits per heavy atom. The molecule has 0 aromatic rings. The molecule has 0 bridgehead atoms. The predicted octanol–water partition coefficient (Wildman–Crippen LogP) is 2.48. The van der Waals surface area contributed by atoms with E-state index >= 15 is 0 Å². The Bertz CT molecular complexity index is 652. The summed E-state index contributed by atoms with van der Waals surface area (Å²) >= 11 is 0. The van der Waals surface area contributed by atoms with E-state index in [0.717, 1.165) is 0 Å². The number of hydrogen-bond acceptors (Lipinski definition) is 8. The van der Waals surface area contributed by atoms with Crippen molar-refractivity contribution < 1.29 is 38.1 Å². The van der Waals surface area contributed by atoms with Gasteiger partial charge in [0.05, 0.1) is 13.2 Å². The first-order chi connectivity index (χ1) is 13.0. The summed E-state index contributed by atoms with van der Waals surface area (Å²) < 4.78 is 20.8. The Hall–Kier alpha value is -2.38. The number of ether oxygens (including phenoxy) is 4. The number of rotatable bonds is 7. The van der Waals surface area contributed by atoms with E-state index in [9.17, 15) is 19.2 Å². The van der Waals surface area contributed by atoms with Crippen LogP contribution >= 0.6 is 0 Å². The lowest BCUT2D eigenvalue weighted by atomic mass is 9.85. The molecule has 0 saturated carbocycles. The summed E-state index contributed by atoms with van der Waals surface area (Å²) in [4.78, 5) is 51.3. The fourth-order valence-electron chi connectivity index (χ4n) is 3.30. The van der Waals surface area contributed by atoms with Crippen LogP contribution in [0.15, 0.2) is 11.1 Å². The minimum atomic E-state index is -2.57. The van der Waals surface area contributed by atoms with Gasteiger partial charge >= 0.3 is 29.5 Å². The number of esters is 4. The van der Waals surface area contributed by atoms with Gasteiger partial charge in [-0.25, -0.2) is 19.2 Å². The first-order valence-corrected chi connectivity index (χ1v) is 9.55. The zero-order valence-corrected chi connectivity index (χ0v) is 17.7. The van der Waals surface area contributed by atoms with Crippen molar-refractivity contribution in [2.45, 2.75) is 72.5 Å². The molecule has 0 unspecified atom stereocenters. The van der Waals surface area contributed by atoms with Gasteiger partial charge in [-0.2, -0.15) is 0 Å². The molecule has 1 rings (SSSR count). The van der Waals surface area contributed by atoms with Crippen LogP contribution < -0.4 is 0 Å². The van der Waals surface area contributed by atoms with Crippen LogP contribution in [0, 0.1) is 5.92 Å². The van der Waals surface area contributed by atoms with Crippen LogP contribution in [0.2, 0.25) is 0 Å². The summed E-state index contributed by atoms with van der Waals surface area (Å²) in [6, 6.07) is 0. The molecule has 28 heavy (non-hydrogen) atoms. The average molecular weight is 398 g/mol. The van der Waals surface area contributed by atoms with Gasteiger partial charge in [-0.15, -0.1) is 0 Å². The van der Waals surface area contributed by atoms with Crippen molar-refractivity contribution in [3.63, 3.8) is 0 Å². The summed E-state index contributed by atoms with van der Waals surface area (Å²) in [5, 5.41) is 0. The molecule has 1 heterocycles. The summed E-state index contributed by atoms with van der Waals surface area (Å²) in [5.74, 6) is -4.42. The predicted molar refractivity (Wildman–Crippen MR) is 99.0 cm³/mol.